The Balaban J connectivity index is 1.34. The third-order valence-corrected chi connectivity index (χ3v) is 9.64. The first-order chi connectivity index (χ1) is 20.5. The minimum absolute atomic E-state index is 0.0343. The van der Waals surface area contributed by atoms with Gasteiger partial charge >= 0.3 is 0 Å². The topological polar surface area (TPSA) is 141 Å². The molecule has 0 radical (unpaired) electrons. The van der Waals surface area contributed by atoms with E-state index >= 15 is 0 Å². The largest absolute Gasteiger partial charge is 0.348 e. The number of rotatable bonds is 10. The van der Waals surface area contributed by atoms with Gasteiger partial charge in [-0.15, -0.1) is 0 Å². The second kappa shape index (κ2) is 14.4. The molecule has 11 nitrogen and oxygen atoms in total. The van der Waals surface area contributed by atoms with E-state index in [1.54, 1.807) is 24.3 Å². The monoisotopic (exact) mass is 664 g/mol. The summed E-state index contributed by atoms with van der Waals surface area (Å²) in [4.78, 5) is 40.0. The normalized spacial score (nSPS) is 14.6. The summed E-state index contributed by atoms with van der Waals surface area (Å²) in [5, 5.41) is 10.1. The van der Waals surface area contributed by atoms with E-state index in [9.17, 15) is 22.8 Å². The molecule has 3 aromatic rings. The van der Waals surface area contributed by atoms with Crippen LogP contribution in [0.15, 0.2) is 64.9 Å². The Bertz CT molecular complexity index is 1620. The van der Waals surface area contributed by atoms with Crippen molar-refractivity contribution in [3.8, 4) is 0 Å². The minimum Gasteiger partial charge on any atom is -0.348 e. The lowest BCUT2D eigenvalue weighted by Crippen LogP contribution is -2.46. The summed E-state index contributed by atoms with van der Waals surface area (Å²) in [5.41, 5.74) is 0.697. The average Bonchev–Trinajstić information content (AvgIpc) is 3.41. The van der Waals surface area contributed by atoms with E-state index < -0.39 is 21.8 Å². The fraction of sp³-hybridized carbons (Fsp3) is 0.286. The average molecular weight is 666 g/mol. The molecule has 3 N–H and O–H groups in total. The van der Waals surface area contributed by atoms with Gasteiger partial charge in [-0.3, -0.25) is 14.4 Å². The van der Waals surface area contributed by atoms with Crippen LogP contribution >= 0.6 is 34.7 Å². The highest BCUT2D eigenvalue weighted by molar-refractivity contribution is 7.89. The molecule has 0 unspecified atom stereocenters. The van der Waals surface area contributed by atoms with Crippen LogP contribution in [-0.4, -0.2) is 79.5 Å². The zero-order valence-electron chi connectivity index (χ0n) is 23.3. The molecule has 1 aliphatic rings. The van der Waals surface area contributed by atoms with Crippen LogP contribution in [0, 0.1) is 0 Å². The molecule has 2 aromatic carbocycles. The highest BCUT2D eigenvalue weighted by Crippen LogP contribution is 2.27. The zero-order chi connectivity index (χ0) is 31.1. The van der Waals surface area contributed by atoms with Gasteiger partial charge in [0.05, 0.1) is 26.2 Å². The Labute approximate surface area is 264 Å². The number of sulfonamides is 1. The van der Waals surface area contributed by atoms with E-state index in [4.69, 9.17) is 23.2 Å². The zero-order valence-corrected chi connectivity index (χ0v) is 26.5. The Hall–Kier alpha value is -3.33. The molecular formula is C28H30Cl2N6O5S2. The van der Waals surface area contributed by atoms with Crippen LogP contribution < -0.4 is 16.0 Å². The summed E-state index contributed by atoms with van der Waals surface area (Å²) in [6.45, 7) is 0.963. The van der Waals surface area contributed by atoms with Gasteiger partial charge < -0.3 is 20.9 Å². The van der Waals surface area contributed by atoms with Crippen LogP contribution in [0.1, 0.15) is 33.7 Å². The molecule has 2 heterocycles. The van der Waals surface area contributed by atoms with Gasteiger partial charge in [0.2, 0.25) is 15.9 Å². The van der Waals surface area contributed by atoms with Crippen LogP contribution in [0.4, 0.5) is 11.4 Å². The van der Waals surface area contributed by atoms with Crippen molar-refractivity contribution >= 4 is 73.9 Å². The smallest absolute Gasteiger partial charge is 0.273 e. The van der Waals surface area contributed by atoms with Crippen molar-refractivity contribution in [3.05, 3.63) is 81.3 Å². The van der Waals surface area contributed by atoms with E-state index in [1.165, 1.54) is 40.0 Å². The van der Waals surface area contributed by atoms with Gasteiger partial charge in [0.25, 0.3) is 11.8 Å². The number of benzene rings is 2. The van der Waals surface area contributed by atoms with Gasteiger partial charge in [0, 0.05) is 42.8 Å². The first-order valence-electron chi connectivity index (χ1n) is 13.2. The summed E-state index contributed by atoms with van der Waals surface area (Å²) in [5.74, 6) is -1.43. The molecule has 0 aliphatic carbocycles. The molecule has 1 aliphatic heterocycles. The fourth-order valence-corrected chi connectivity index (χ4v) is 7.02. The number of nitrogens with zero attached hydrogens (tertiary/aromatic N) is 3. The summed E-state index contributed by atoms with van der Waals surface area (Å²) in [7, 11) is -0.0688. The predicted octanol–water partition coefficient (Wildman–Crippen LogP) is 4.34. The summed E-state index contributed by atoms with van der Waals surface area (Å²) < 4.78 is 32.2. The van der Waals surface area contributed by atoms with Crippen LogP contribution in [0.2, 0.25) is 10.0 Å². The number of hydrogen-bond acceptors (Lipinski definition) is 8. The maximum absolute atomic E-state index is 13.3. The van der Waals surface area contributed by atoms with Crippen molar-refractivity contribution in [2.45, 2.75) is 23.8 Å². The number of aromatic nitrogens is 1. The summed E-state index contributed by atoms with van der Waals surface area (Å²) in [6, 6.07) is 10.5. The second-order valence-electron chi connectivity index (χ2n) is 9.96. The molecule has 0 atom stereocenters. The van der Waals surface area contributed by atoms with Crippen molar-refractivity contribution in [2.75, 3.05) is 44.4 Å². The lowest BCUT2D eigenvalue weighted by molar-refractivity contribution is -0.111. The number of amides is 3. The molecule has 228 valence electrons. The SMILES string of the molecule is CN(C)C/C=C/C(=O)Nc1cccc(S(=O)(=O)N2CCC(NC(=O)c3nscc3NC(=O)c3c(Cl)cccc3Cl)CC2)c1. The van der Waals surface area contributed by atoms with Gasteiger partial charge in [-0.25, -0.2) is 8.42 Å². The number of hydrogen-bond donors (Lipinski definition) is 3. The summed E-state index contributed by atoms with van der Waals surface area (Å²) in [6.07, 6.45) is 3.86. The van der Waals surface area contributed by atoms with E-state index in [-0.39, 0.29) is 56.9 Å². The molecule has 1 aromatic heterocycles. The van der Waals surface area contributed by atoms with Crippen LogP contribution in [0.25, 0.3) is 0 Å². The molecule has 3 amide bonds. The van der Waals surface area contributed by atoms with Crippen molar-refractivity contribution in [1.29, 1.82) is 0 Å². The number of piperidine rings is 1. The highest BCUT2D eigenvalue weighted by atomic mass is 35.5. The number of carbonyl (C=O) groups excluding carboxylic acids is 3. The van der Waals surface area contributed by atoms with Gasteiger partial charge in [-0.05, 0) is 68.8 Å². The molecule has 4 rings (SSSR count). The van der Waals surface area contributed by atoms with Crippen molar-refractivity contribution in [2.24, 2.45) is 0 Å². The van der Waals surface area contributed by atoms with E-state index in [2.05, 4.69) is 20.3 Å². The Kier molecular flexibility index (Phi) is 10.9. The lowest BCUT2D eigenvalue weighted by atomic mass is 10.1. The number of carbonyl (C=O) groups is 3. The molecule has 0 spiro atoms. The second-order valence-corrected chi connectivity index (χ2v) is 13.3. The molecule has 1 fully saturated rings. The molecule has 43 heavy (non-hydrogen) atoms. The number of halogens is 2. The summed E-state index contributed by atoms with van der Waals surface area (Å²) >= 11 is 13.3. The molecule has 0 bridgehead atoms. The first kappa shape index (κ1) is 32.6. The highest BCUT2D eigenvalue weighted by Gasteiger charge is 2.31. The number of nitrogens with one attached hydrogen (secondary N) is 3. The quantitative estimate of drug-likeness (QED) is 0.274. The lowest BCUT2D eigenvalue weighted by Gasteiger charge is -2.31. The van der Waals surface area contributed by atoms with Crippen molar-refractivity contribution in [1.82, 2.24) is 18.9 Å². The molecule has 1 saturated heterocycles. The first-order valence-corrected chi connectivity index (χ1v) is 16.2. The predicted molar refractivity (Wildman–Crippen MR) is 169 cm³/mol. The van der Waals surface area contributed by atoms with Gasteiger partial charge in [0.15, 0.2) is 5.69 Å². The van der Waals surface area contributed by atoms with Crippen molar-refractivity contribution in [3.63, 3.8) is 0 Å². The molecular weight excluding hydrogens is 635 g/mol. The molecule has 0 saturated carbocycles. The maximum atomic E-state index is 13.3. The Morgan fingerprint density at radius 2 is 1.72 bits per heavy atom. The molecule has 15 heteroatoms. The minimum atomic E-state index is -3.83. The van der Waals surface area contributed by atoms with Crippen LogP contribution in [-0.2, 0) is 14.8 Å². The number of anilines is 2. The maximum Gasteiger partial charge on any atom is 0.273 e. The Morgan fingerprint density at radius 1 is 1.05 bits per heavy atom. The van der Waals surface area contributed by atoms with Crippen LogP contribution in [0.3, 0.4) is 0 Å². The number of likely N-dealkylation sites (N-methyl/N-ethyl adjacent to an activating group) is 1. The van der Waals surface area contributed by atoms with E-state index in [0.717, 1.165) is 11.5 Å². The van der Waals surface area contributed by atoms with Gasteiger partial charge in [-0.2, -0.15) is 8.68 Å². The van der Waals surface area contributed by atoms with Gasteiger partial charge in [-0.1, -0.05) is 41.4 Å². The van der Waals surface area contributed by atoms with Gasteiger partial charge in [0.1, 0.15) is 0 Å². The third kappa shape index (κ3) is 8.40. The Morgan fingerprint density at radius 3 is 2.40 bits per heavy atom. The van der Waals surface area contributed by atoms with Crippen molar-refractivity contribution < 1.29 is 22.8 Å². The third-order valence-electron chi connectivity index (χ3n) is 6.49. The van der Waals surface area contributed by atoms with Crippen LogP contribution in [0.5, 0.6) is 0 Å². The van der Waals surface area contributed by atoms with E-state index in [0.29, 0.717) is 25.1 Å². The fourth-order valence-electron chi connectivity index (χ4n) is 4.32. The standard InChI is InChI=1S/C28H30Cl2N6O5S2/c1-35(2)13-5-10-24(37)31-19-6-3-7-20(16-19)43(40,41)36-14-11-18(12-15-36)32-28(39)26-23(17-42-34-26)33-27(38)25-21(29)8-4-9-22(25)30/h3-10,16-18H,11-15H2,1-2H3,(H,31,37)(H,32,39)(H,33,38)/b10-5+. The van der Waals surface area contributed by atoms with E-state index in [1.807, 2.05) is 19.0 Å².